The lowest BCUT2D eigenvalue weighted by Crippen LogP contribution is -2.37. The van der Waals surface area contributed by atoms with Crippen molar-refractivity contribution in [2.45, 2.75) is 31.9 Å². The summed E-state index contributed by atoms with van der Waals surface area (Å²) in [5, 5.41) is 0. The molecule has 1 aromatic rings. The molecule has 1 amide bonds. The summed E-state index contributed by atoms with van der Waals surface area (Å²) in [5.74, 6) is 0.843. The third-order valence-corrected chi connectivity index (χ3v) is 3.09. The summed E-state index contributed by atoms with van der Waals surface area (Å²) < 4.78 is 10.7. The zero-order chi connectivity index (χ0) is 11.5. The maximum atomic E-state index is 12.0. The van der Waals surface area contributed by atoms with Gasteiger partial charge in [0.05, 0.1) is 12.3 Å². The van der Waals surface area contributed by atoms with Crippen LogP contribution in [-0.2, 0) is 9.53 Å². The van der Waals surface area contributed by atoms with Crippen molar-refractivity contribution in [1.82, 2.24) is 4.90 Å². The molecule has 2 atom stereocenters. The first-order valence-corrected chi connectivity index (χ1v) is 5.62. The van der Waals surface area contributed by atoms with E-state index in [9.17, 15) is 4.79 Å². The molecule has 1 fully saturated rings. The molecule has 0 radical (unpaired) electrons. The molecule has 0 saturated carbocycles. The third-order valence-electron chi connectivity index (χ3n) is 3.09. The van der Waals surface area contributed by atoms with Gasteiger partial charge in [-0.05, 0) is 31.9 Å². The van der Waals surface area contributed by atoms with Gasteiger partial charge in [0.15, 0.2) is 0 Å². The first-order valence-electron chi connectivity index (χ1n) is 5.62. The van der Waals surface area contributed by atoms with Gasteiger partial charge in [0, 0.05) is 13.7 Å². The van der Waals surface area contributed by atoms with Crippen LogP contribution in [0.15, 0.2) is 22.8 Å². The molecule has 1 aromatic heterocycles. The minimum atomic E-state index is -0.262. The molecule has 1 aliphatic heterocycles. The second-order valence-electron chi connectivity index (χ2n) is 4.14. The average molecular weight is 223 g/mol. The largest absolute Gasteiger partial charge is 0.467 e. The van der Waals surface area contributed by atoms with Gasteiger partial charge in [-0.3, -0.25) is 4.79 Å². The predicted octanol–water partition coefficient (Wildman–Crippen LogP) is 1.98. The fourth-order valence-electron chi connectivity index (χ4n) is 1.91. The van der Waals surface area contributed by atoms with E-state index in [1.165, 1.54) is 0 Å². The number of carbonyl (C=O) groups is 1. The van der Waals surface area contributed by atoms with Gasteiger partial charge < -0.3 is 14.1 Å². The van der Waals surface area contributed by atoms with Crippen LogP contribution in [0, 0.1) is 0 Å². The molecule has 2 heterocycles. The molecule has 0 bridgehead atoms. The second-order valence-corrected chi connectivity index (χ2v) is 4.14. The van der Waals surface area contributed by atoms with E-state index in [4.69, 9.17) is 9.15 Å². The Labute approximate surface area is 95.2 Å². The van der Waals surface area contributed by atoms with Crippen LogP contribution in [-0.4, -0.2) is 30.6 Å². The van der Waals surface area contributed by atoms with E-state index in [-0.39, 0.29) is 18.1 Å². The van der Waals surface area contributed by atoms with Crippen LogP contribution >= 0.6 is 0 Å². The number of ether oxygens (including phenoxy) is 1. The molecule has 0 aromatic carbocycles. The number of hydrogen-bond donors (Lipinski definition) is 0. The van der Waals surface area contributed by atoms with E-state index in [2.05, 4.69) is 0 Å². The number of nitrogens with zero attached hydrogens (tertiary/aromatic N) is 1. The van der Waals surface area contributed by atoms with Crippen LogP contribution in [0.5, 0.6) is 0 Å². The van der Waals surface area contributed by atoms with Gasteiger partial charge in [0.2, 0.25) is 0 Å². The highest BCUT2D eigenvalue weighted by atomic mass is 16.5. The summed E-state index contributed by atoms with van der Waals surface area (Å²) in [6.07, 6.45) is 3.16. The zero-order valence-corrected chi connectivity index (χ0v) is 9.68. The molecule has 88 valence electrons. The molecule has 4 heteroatoms. The van der Waals surface area contributed by atoms with Crippen molar-refractivity contribution in [2.75, 3.05) is 13.7 Å². The molecular weight excluding hydrogens is 206 g/mol. The Kier molecular flexibility index (Phi) is 3.29. The van der Waals surface area contributed by atoms with Crippen molar-refractivity contribution >= 4 is 5.91 Å². The van der Waals surface area contributed by atoms with E-state index >= 15 is 0 Å². The van der Waals surface area contributed by atoms with Gasteiger partial charge >= 0.3 is 0 Å². The van der Waals surface area contributed by atoms with E-state index in [0.29, 0.717) is 6.61 Å². The highest BCUT2D eigenvalue weighted by Gasteiger charge is 2.29. The maximum Gasteiger partial charge on any atom is 0.252 e. The van der Waals surface area contributed by atoms with Crippen LogP contribution in [0.2, 0.25) is 0 Å². The van der Waals surface area contributed by atoms with E-state index < -0.39 is 0 Å². The van der Waals surface area contributed by atoms with Crippen molar-refractivity contribution in [1.29, 1.82) is 0 Å². The minimum absolute atomic E-state index is 0.0430. The molecule has 0 spiro atoms. The number of furan rings is 1. The minimum Gasteiger partial charge on any atom is -0.467 e. The predicted molar refractivity (Wildman–Crippen MR) is 58.9 cm³/mol. The molecule has 4 nitrogen and oxygen atoms in total. The van der Waals surface area contributed by atoms with Crippen LogP contribution in [0.4, 0.5) is 0 Å². The maximum absolute atomic E-state index is 12.0. The van der Waals surface area contributed by atoms with Crippen molar-refractivity contribution in [2.24, 2.45) is 0 Å². The Balaban J connectivity index is 2.01. The van der Waals surface area contributed by atoms with Crippen LogP contribution in [0.1, 0.15) is 31.6 Å². The van der Waals surface area contributed by atoms with Gasteiger partial charge in [0.25, 0.3) is 5.91 Å². The highest BCUT2D eigenvalue weighted by molar-refractivity contribution is 5.81. The lowest BCUT2D eigenvalue weighted by molar-refractivity contribution is -0.141. The van der Waals surface area contributed by atoms with Gasteiger partial charge in [-0.2, -0.15) is 0 Å². The number of amides is 1. The average Bonchev–Trinajstić information content (AvgIpc) is 2.97. The van der Waals surface area contributed by atoms with Gasteiger partial charge in [0.1, 0.15) is 11.9 Å². The fraction of sp³-hybridized carbons (Fsp3) is 0.583. The lowest BCUT2D eigenvalue weighted by Gasteiger charge is -2.25. The third kappa shape index (κ3) is 2.11. The van der Waals surface area contributed by atoms with Crippen LogP contribution in [0.25, 0.3) is 0 Å². The van der Waals surface area contributed by atoms with E-state index in [0.717, 1.165) is 18.6 Å². The highest BCUT2D eigenvalue weighted by Crippen LogP contribution is 2.22. The molecule has 1 aliphatic rings. The number of rotatable bonds is 3. The summed E-state index contributed by atoms with van der Waals surface area (Å²) in [7, 11) is 1.79. The second kappa shape index (κ2) is 4.70. The van der Waals surface area contributed by atoms with Gasteiger partial charge in [-0.15, -0.1) is 0 Å². The van der Waals surface area contributed by atoms with Crippen LogP contribution < -0.4 is 0 Å². The quantitative estimate of drug-likeness (QED) is 0.786. The topological polar surface area (TPSA) is 42.7 Å². The molecule has 2 rings (SSSR count). The summed E-state index contributed by atoms with van der Waals surface area (Å²) in [6, 6.07) is 3.66. The van der Waals surface area contributed by atoms with E-state index in [1.807, 2.05) is 19.1 Å². The standard InChI is InChI=1S/C12H17NO3/c1-9(10-5-3-7-15-10)13(2)12(14)11-6-4-8-16-11/h3,5,7,9,11H,4,6,8H2,1-2H3. The van der Waals surface area contributed by atoms with Gasteiger partial charge in [-0.1, -0.05) is 0 Å². The molecule has 16 heavy (non-hydrogen) atoms. The summed E-state index contributed by atoms with van der Waals surface area (Å²) >= 11 is 0. The molecular formula is C12H17NO3. The Morgan fingerprint density at radius 1 is 1.62 bits per heavy atom. The van der Waals surface area contributed by atoms with Crippen molar-refractivity contribution in [3.63, 3.8) is 0 Å². The Hall–Kier alpha value is -1.29. The molecule has 2 unspecified atom stereocenters. The monoisotopic (exact) mass is 223 g/mol. The lowest BCUT2D eigenvalue weighted by atomic mass is 10.1. The van der Waals surface area contributed by atoms with Crippen LogP contribution in [0.3, 0.4) is 0 Å². The Morgan fingerprint density at radius 2 is 2.44 bits per heavy atom. The zero-order valence-electron chi connectivity index (χ0n) is 9.68. The molecule has 1 saturated heterocycles. The van der Waals surface area contributed by atoms with E-state index in [1.54, 1.807) is 18.2 Å². The molecule has 0 N–H and O–H groups in total. The Morgan fingerprint density at radius 3 is 3.00 bits per heavy atom. The summed E-state index contributed by atoms with van der Waals surface area (Å²) in [6.45, 7) is 2.64. The van der Waals surface area contributed by atoms with Crippen molar-refractivity contribution in [3.05, 3.63) is 24.2 Å². The Bertz CT molecular complexity index is 341. The molecule has 0 aliphatic carbocycles. The number of likely N-dealkylation sites (N-methyl/N-ethyl adjacent to an activating group) is 1. The first kappa shape index (κ1) is 11.2. The summed E-state index contributed by atoms with van der Waals surface area (Å²) in [5.41, 5.74) is 0. The number of carbonyl (C=O) groups excluding carboxylic acids is 1. The fourth-order valence-corrected chi connectivity index (χ4v) is 1.91. The van der Waals surface area contributed by atoms with Crippen molar-refractivity contribution in [3.8, 4) is 0 Å². The normalized spacial score (nSPS) is 22.0. The SMILES string of the molecule is CC(c1ccco1)N(C)C(=O)C1CCCO1. The van der Waals surface area contributed by atoms with Gasteiger partial charge in [-0.25, -0.2) is 0 Å². The first-order chi connectivity index (χ1) is 7.70. The van der Waals surface area contributed by atoms with Crippen molar-refractivity contribution < 1.29 is 13.9 Å². The summed E-state index contributed by atoms with van der Waals surface area (Å²) in [4.78, 5) is 13.7. The number of hydrogen-bond acceptors (Lipinski definition) is 3. The smallest absolute Gasteiger partial charge is 0.252 e.